The summed E-state index contributed by atoms with van der Waals surface area (Å²) in [6.07, 6.45) is 1.77. The first-order valence-corrected chi connectivity index (χ1v) is 5.30. The summed E-state index contributed by atoms with van der Waals surface area (Å²) in [5, 5.41) is 2.73. The maximum atomic E-state index is 12.6. The molecule has 86 valence electrons. The summed E-state index contributed by atoms with van der Waals surface area (Å²) in [6, 6.07) is 5.51. The van der Waals surface area contributed by atoms with E-state index in [1.54, 1.807) is 12.1 Å². The largest absolute Gasteiger partial charge is 0.325 e. The minimum atomic E-state index is -0.310. The van der Waals surface area contributed by atoms with Crippen LogP contribution in [0.4, 0.5) is 10.1 Å². The molecule has 5 heteroatoms. The van der Waals surface area contributed by atoms with Gasteiger partial charge in [0.2, 0.25) is 5.91 Å². The van der Waals surface area contributed by atoms with Crippen molar-refractivity contribution >= 4 is 11.6 Å². The summed E-state index contributed by atoms with van der Waals surface area (Å²) in [5.74, 6) is -0.408. The van der Waals surface area contributed by atoms with Gasteiger partial charge in [-0.05, 0) is 37.1 Å². The van der Waals surface area contributed by atoms with Gasteiger partial charge in [-0.2, -0.15) is 0 Å². The molecular weight excluding hydrogens is 209 g/mol. The molecule has 1 unspecified atom stereocenters. The van der Waals surface area contributed by atoms with Gasteiger partial charge in [0.15, 0.2) is 0 Å². The van der Waals surface area contributed by atoms with Crippen LogP contribution >= 0.6 is 0 Å². The molecule has 16 heavy (non-hydrogen) atoms. The van der Waals surface area contributed by atoms with Crippen LogP contribution in [0.25, 0.3) is 0 Å². The van der Waals surface area contributed by atoms with Crippen LogP contribution in [-0.4, -0.2) is 18.5 Å². The second kappa shape index (κ2) is 5.05. The summed E-state index contributed by atoms with van der Waals surface area (Å²) in [4.78, 5) is 11.7. The van der Waals surface area contributed by atoms with Crippen molar-refractivity contribution in [2.45, 2.75) is 18.9 Å². The second-order valence-corrected chi connectivity index (χ2v) is 3.76. The summed E-state index contributed by atoms with van der Waals surface area (Å²) in [6.45, 7) is 0.875. The van der Waals surface area contributed by atoms with Gasteiger partial charge in [0, 0.05) is 12.2 Å². The molecule has 0 bridgehead atoms. The normalized spacial score (nSPS) is 20.4. The fraction of sp³-hybridized carbons (Fsp3) is 0.364. The quantitative estimate of drug-likeness (QED) is 0.701. The average molecular weight is 223 g/mol. The molecule has 1 aromatic rings. The Hall–Kier alpha value is -1.46. The SMILES string of the molecule is O=C(Nc1ccc(F)cc1)C1CCCNN1. The van der Waals surface area contributed by atoms with Gasteiger partial charge in [-0.15, -0.1) is 0 Å². The highest BCUT2D eigenvalue weighted by Crippen LogP contribution is 2.10. The summed E-state index contributed by atoms with van der Waals surface area (Å²) >= 11 is 0. The molecule has 0 saturated carbocycles. The Balaban J connectivity index is 1.93. The number of nitrogens with one attached hydrogen (secondary N) is 3. The molecular formula is C11H14FN3O. The van der Waals surface area contributed by atoms with E-state index in [0.717, 1.165) is 19.4 Å². The Morgan fingerprint density at radius 3 is 2.75 bits per heavy atom. The van der Waals surface area contributed by atoms with E-state index < -0.39 is 0 Å². The number of rotatable bonds is 2. The minimum absolute atomic E-state index is 0.0983. The Kier molecular flexibility index (Phi) is 3.48. The van der Waals surface area contributed by atoms with Crippen LogP contribution in [0.2, 0.25) is 0 Å². The van der Waals surface area contributed by atoms with Gasteiger partial charge in [0.05, 0.1) is 0 Å². The first-order chi connectivity index (χ1) is 7.75. The van der Waals surface area contributed by atoms with Gasteiger partial charge in [-0.25, -0.2) is 9.82 Å². The third-order valence-electron chi connectivity index (χ3n) is 2.50. The lowest BCUT2D eigenvalue weighted by Crippen LogP contribution is -2.51. The van der Waals surface area contributed by atoms with Gasteiger partial charge in [-0.3, -0.25) is 10.2 Å². The number of anilines is 1. The van der Waals surface area contributed by atoms with Gasteiger partial charge in [0.25, 0.3) is 0 Å². The fourth-order valence-electron chi connectivity index (χ4n) is 1.62. The van der Waals surface area contributed by atoms with E-state index in [2.05, 4.69) is 16.2 Å². The minimum Gasteiger partial charge on any atom is -0.325 e. The van der Waals surface area contributed by atoms with Gasteiger partial charge < -0.3 is 5.32 Å². The van der Waals surface area contributed by atoms with Crippen molar-refractivity contribution in [3.05, 3.63) is 30.1 Å². The molecule has 0 spiro atoms. The monoisotopic (exact) mass is 223 g/mol. The number of carbonyl (C=O) groups excluding carboxylic acids is 1. The molecule has 1 fully saturated rings. The average Bonchev–Trinajstić information content (AvgIpc) is 2.33. The Bertz CT molecular complexity index is 360. The third-order valence-corrected chi connectivity index (χ3v) is 2.50. The summed E-state index contributed by atoms with van der Waals surface area (Å²) in [5.41, 5.74) is 6.46. The number of halogens is 1. The van der Waals surface area contributed by atoms with Crippen LogP contribution < -0.4 is 16.2 Å². The zero-order valence-corrected chi connectivity index (χ0v) is 8.79. The highest BCUT2D eigenvalue weighted by molar-refractivity contribution is 5.94. The molecule has 1 saturated heterocycles. The Morgan fingerprint density at radius 2 is 2.12 bits per heavy atom. The lowest BCUT2D eigenvalue weighted by Gasteiger charge is -2.23. The van der Waals surface area contributed by atoms with Gasteiger partial charge in [-0.1, -0.05) is 0 Å². The van der Waals surface area contributed by atoms with Gasteiger partial charge in [0.1, 0.15) is 11.9 Å². The van der Waals surface area contributed by atoms with E-state index in [4.69, 9.17) is 0 Å². The van der Waals surface area contributed by atoms with Crippen molar-refractivity contribution in [3.63, 3.8) is 0 Å². The number of amides is 1. The molecule has 1 heterocycles. The van der Waals surface area contributed by atoms with Gasteiger partial charge >= 0.3 is 0 Å². The zero-order valence-electron chi connectivity index (χ0n) is 8.79. The highest BCUT2D eigenvalue weighted by Gasteiger charge is 2.20. The van der Waals surface area contributed by atoms with E-state index >= 15 is 0 Å². The topological polar surface area (TPSA) is 53.2 Å². The van der Waals surface area contributed by atoms with E-state index in [9.17, 15) is 9.18 Å². The number of hydrogen-bond donors (Lipinski definition) is 3. The van der Waals surface area contributed by atoms with Crippen molar-refractivity contribution in [2.24, 2.45) is 0 Å². The van der Waals surface area contributed by atoms with E-state index in [-0.39, 0.29) is 17.8 Å². The Labute approximate surface area is 93.2 Å². The van der Waals surface area contributed by atoms with Crippen LogP contribution in [-0.2, 0) is 4.79 Å². The van der Waals surface area contributed by atoms with Crippen molar-refractivity contribution in [1.29, 1.82) is 0 Å². The van der Waals surface area contributed by atoms with Crippen LogP contribution in [0.1, 0.15) is 12.8 Å². The van der Waals surface area contributed by atoms with Crippen LogP contribution in [0.5, 0.6) is 0 Å². The third kappa shape index (κ3) is 2.77. The van der Waals surface area contributed by atoms with E-state index in [1.165, 1.54) is 12.1 Å². The first kappa shape index (κ1) is 11.0. The van der Waals surface area contributed by atoms with E-state index in [1.807, 2.05) is 0 Å². The zero-order chi connectivity index (χ0) is 11.4. The van der Waals surface area contributed by atoms with Crippen molar-refractivity contribution in [3.8, 4) is 0 Å². The smallest absolute Gasteiger partial charge is 0.242 e. The molecule has 1 aromatic carbocycles. The second-order valence-electron chi connectivity index (χ2n) is 3.76. The lowest BCUT2D eigenvalue weighted by atomic mass is 10.1. The molecule has 1 aliphatic heterocycles. The van der Waals surface area contributed by atoms with E-state index in [0.29, 0.717) is 5.69 Å². The maximum absolute atomic E-state index is 12.6. The number of hydrazine groups is 1. The fourth-order valence-corrected chi connectivity index (χ4v) is 1.62. The molecule has 1 atom stereocenters. The number of hydrogen-bond acceptors (Lipinski definition) is 3. The van der Waals surface area contributed by atoms with Crippen LogP contribution in [0.15, 0.2) is 24.3 Å². The number of carbonyl (C=O) groups is 1. The van der Waals surface area contributed by atoms with Crippen molar-refractivity contribution in [1.82, 2.24) is 10.9 Å². The molecule has 0 radical (unpaired) electrons. The van der Waals surface area contributed by atoms with Crippen molar-refractivity contribution in [2.75, 3.05) is 11.9 Å². The maximum Gasteiger partial charge on any atom is 0.242 e. The van der Waals surface area contributed by atoms with Crippen LogP contribution in [0.3, 0.4) is 0 Å². The predicted molar refractivity (Wildman–Crippen MR) is 59.2 cm³/mol. The lowest BCUT2D eigenvalue weighted by molar-refractivity contribution is -0.119. The van der Waals surface area contributed by atoms with Crippen molar-refractivity contribution < 1.29 is 9.18 Å². The first-order valence-electron chi connectivity index (χ1n) is 5.30. The molecule has 2 rings (SSSR count). The molecule has 0 aliphatic carbocycles. The highest BCUT2D eigenvalue weighted by atomic mass is 19.1. The Morgan fingerprint density at radius 1 is 1.38 bits per heavy atom. The molecule has 1 amide bonds. The molecule has 0 aromatic heterocycles. The molecule has 1 aliphatic rings. The number of benzene rings is 1. The summed E-state index contributed by atoms with van der Waals surface area (Å²) < 4.78 is 12.6. The van der Waals surface area contributed by atoms with Crippen LogP contribution in [0, 0.1) is 5.82 Å². The molecule has 4 nitrogen and oxygen atoms in total. The molecule has 3 N–H and O–H groups in total. The predicted octanol–water partition coefficient (Wildman–Crippen LogP) is 1.02. The standard InChI is InChI=1S/C11H14FN3O/c12-8-3-5-9(6-4-8)14-11(16)10-2-1-7-13-15-10/h3-6,10,13,15H,1-2,7H2,(H,14,16). The summed E-state index contributed by atoms with van der Waals surface area (Å²) in [7, 11) is 0.